The van der Waals surface area contributed by atoms with Gasteiger partial charge in [-0.2, -0.15) is 0 Å². The maximum Gasteiger partial charge on any atom is 0.573 e. The van der Waals surface area contributed by atoms with Gasteiger partial charge in [-0.15, -0.1) is 24.9 Å². The van der Waals surface area contributed by atoms with Crippen LogP contribution in [0.4, 0.5) is 13.2 Å². The molecule has 1 N–H and O–H groups in total. The Hall–Kier alpha value is -0.880. The van der Waals surface area contributed by atoms with Crippen molar-refractivity contribution in [2.75, 3.05) is 12.3 Å². The average Bonchev–Trinajstić information content (AvgIpc) is 2.29. The van der Waals surface area contributed by atoms with Gasteiger partial charge in [0.1, 0.15) is 5.75 Å². The fourth-order valence-corrected chi connectivity index (χ4v) is 3.03. The first-order valence-electron chi connectivity index (χ1n) is 5.65. The van der Waals surface area contributed by atoms with Gasteiger partial charge in [-0.05, 0) is 24.3 Å². The first-order chi connectivity index (χ1) is 8.46. The minimum Gasteiger partial charge on any atom is -0.405 e. The predicted molar refractivity (Wildman–Crippen MR) is 65.5 cm³/mol. The maximum atomic E-state index is 12.3. The fraction of sp³-hybridized carbons (Fsp3) is 0.500. The van der Waals surface area contributed by atoms with Gasteiger partial charge < -0.3 is 10.1 Å². The van der Waals surface area contributed by atoms with E-state index >= 15 is 0 Å². The van der Waals surface area contributed by atoms with Gasteiger partial charge >= 0.3 is 6.36 Å². The first kappa shape index (κ1) is 13.5. The highest BCUT2D eigenvalue weighted by Crippen LogP contribution is 2.38. The van der Waals surface area contributed by atoms with Gasteiger partial charge in [-0.25, -0.2) is 0 Å². The fourth-order valence-electron chi connectivity index (χ4n) is 1.80. The third-order valence-corrected chi connectivity index (χ3v) is 4.14. The number of hydrogen-bond donors (Lipinski definition) is 1. The lowest BCUT2D eigenvalue weighted by molar-refractivity contribution is -0.274. The quantitative estimate of drug-likeness (QED) is 0.893. The van der Waals surface area contributed by atoms with E-state index in [-0.39, 0.29) is 11.1 Å². The highest BCUT2D eigenvalue weighted by Gasteiger charge is 2.33. The van der Waals surface area contributed by atoms with Gasteiger partial charge in [-0.1, -0.05) is 25.1 Å². The number of nitrogens with one attached hydrogen (secondary N) is 1. The third-order valence-electron chi connectivity index (χ3n) is 2.63. The molecule has 0 radical (unpaired) electrons. The van der Waals surface area contributed by atoms with Gasteiger partial charge in [0.05, 0.1) is 5.37 Å². The van der Waals surface area contributed by atoms with Crippen molar-refractivity contribution in [3.63, 3.8) is 0 Å². The van der Waals surface area contributed by atoms with E-state index in [1.165, 1.54) is 6.07 Å². The summed E-state index contributed by atoms with van der Waals surface area (Å²) in [6.45, 7) is 2.91. The topological polar surface area (TPSA) is 21.3 Å². The molecule has 2 rings (SSSR count). The molecule has 0 spiro atoms. The van der Waals surface area contributed by atoms with E-state index in [1.807, 2.05) is 0 Å². The highest BCUT2D eigenvalue weighted by molar-refractivity contribution is 7.99. The number of rotatable bonds is 2. The Labute approximate surface area is 108 Å². The molecule has 0 bridgehead atoms. The maximum absolute atomic E-state index is 12.3. The molecule has 100 valence electrons. The van der Waals surface area contributed by atoms with Crippen LogP contribution in [0.15, 0.2) is 24.3 Å². The van der Waals surface area contributed by atoms with Crippen LogP contribution in [-0.4, -0.2) is 18.7 Å². The summed E-state index contributed by atoms with van der Waals surface area (Å²) in [6, 6.07) is 6.28. The van der Waals surface area contributed by atoms with Crippen molar-refractivity contribution in [3.05, 3.63) is 29.8 Å². The number of hydrogen-bond acceptors (Lipinski definition) is 3. The Kier molecular flexibility index (Phi) is 4.07. The molecular weight excluding hydrogens is 263 g/mol. The van der Waals surface area contributed by atoms with Crippen LogP contribution in [0.1, 0.15) is 17.9 Å². The van der Waals surface area contributed by atoms with E-state index in [2.05, 4.69) is 17.0 Å². The van der Waals surface area contributed by atoms with Crippen molar-refractivity contribution in [2.45, 2.75) is 18.7 Å². The Morgan fingerprint density at radius 1 is 1.33 bits per heavy atom. The third kappa shape index (κ3) is 3.55. The summed E-state index contributed by atoms with van der Waals surface area (Å²) in [5, 5.41) is 3.09. The van der Waals surface area contributed by atoms with Crippen molar-refractivity contribution in [3.8, 4) is 5.75 Å². The smallest absolute Gasteiger partial charge is 0.405 e. The van der Waals surface area contributed by atoms with E-state index in [4.69, 9.17) is 0 Å². The lowest BCUT2D eigenvalue weighted by Gasteiger charge is -2.28. The second kappa shape index (κ2) is 5.40. The zero-order valence-corrected chi connectivity index (χ0v) is 10.6. The molecule has 1 aromatic carbocycles. The largest absolute Gasteiger partial charge is 0.573 e. The summed E-state index contributed by atoms with van der Waals surface area (Å²) in [5.74, 6) is 1.34. The summed E-state index contributed by atoms with van der Waals surface area (Å²) in [5.41, 5.74) is 0.548. The second-order valence-corrected chi connectivity index (χ2v) is 5.45. The molecule has 6 heteroatoms. The molecule has 0 aliphatic carbocycles. The van der Waals surface area contributed by atoms with E-state index < -0.39 is 6.36 Å². The molecule has 2 atom stereocenters. The average molecular weight is 277 g/mol. The molecule has 1 aromatic rings. The molecule has 0 aromatic heterocycles. The zero-order valence-electron chi connectivity index (χ0n) is 9.83. The number of thioether (sulfide) groups is 1. The summed E-state index contributed by atoms with van der Waals surface area (Å²) in [7, 11) is 0. The van der Waals surface area contributed by atoms with Crippen LogP contribution in [0.5, 0.6) is 5.75 Å². The Morgan fingerprint density at radius 3 is 2.67 bits per heavy atom. The molecule has 1 aliphatic heterocycles. The zero-order chi connectivity index (χ0) is 13.2. The van der Waals surface area contributed by atoms with Crippen LogP contribution in [0.3, 0.4) is 0 Å². The van der Waals surface area contributed by atoms with Gasteiger partial charge in [0.15, 0.2) is 0 Å². The molecule has 2 unspecified atom stereocenters. The van der Waals surface area contributed by atoms with Crippen molar-refractivity contribution >= 4 is 11.8 Å². The Balaban J connectivity index is 2.17. The van der Waals surface area contributed by atoms with Crippen molar-refractivity contribution in [1.29, 1.82) is 0 Å². The Bertz CT molecular complexity index is 403. The van der Waals surface area contributed by atoms with Crippen LogP contribution >= 0.6 is 11.8 Å². The summed E-state index contributed by atoms with van der Waals surface area (Å²) in [6.07, 6.45) is -4.65. The number of alkyl halides is 3. The summed E-state index contributed by atoms with van der Waals surface area (Å²) < 4.78 is 41.0. The molecule has 18 heavy (non-hydrogen) atoms. The molecule has 1 fully saturated rings. The number of ether oxygens (including phenoxy) is 1. The SMILES string of the molecule is CC1CNC(c2ccccc2OC(F)(F)F)SC1. The lowest BCUT2D eigenvalue weighted by atomic mass is 10.1. The normalized spacial score (nSPS) is 24.9. The number of benzene rings is 1. The monoisotopic (exact) mass is 277 g/mol. The molecule has 1 saturated heterocycles. The molecule has 1 aliphatic rings. The first-order valence-corrected chi connectivity index (χ1v) is 6.70. The van der Waals surface area contributed by atoms with Crippen LogP contribution < -0.4 is 10.1 Å². The van der Waals surface area contributed by atoms with Crippen LogP contribution in [0.25, 0.3) is 0 Å². The lowest BCUT2D eigenvalue weighted by Crippen LogP contribution is -2.31. The molecule has 1 heterocycles. The van der Waals surface area contributed by atoms with E-state index in [0.717, 1.165) is 12.3 Å². The standard InChI is InChI=1S/C12H14F3NOS/c1-8-6-16-11(18-7-8)9-4-2-3-5-10(9)17-12(13,14)15/h2-5,8,11,16H,6-7H2,1H3. The minimum atomic E-state index is -4.65. The van der Waals surface area contributed by atoms with E-state index in [0.29, 0.717) is 11.5 Å². The van der Waals surface area contributed by atoms with Crippen molar-refractivity contribution < 1.29 is 17.9 Å². The van der Waals surface area contributed by atoms with Crippen molar-refractivity contribution in [2.24, 2.45) is 5.92 Å². The molecule has 2 nitrogen and oxygen atoms in total. The van der Waals surface area contributed by atoms with Gasteiger partial charge in [0.25, 0.3) is 0 Å². The van der Waals surface area contributed by atoms with Gasteiger partial charge in [0, 0.05) is 5.56 Å². The van der Waals surface area contributed by atoms with Gasteiger partial charge in [-0.3, -0.25) is 0 Å². The summed E-state index contributed by atoms with van der Waals surface area (Å²) in [4.78, 5) is 0. The number of halogens is 3. The molecule has 0 amide bonds. The Morgan fingerprint density at radius 2 is 2.06 bits per heavy atom. The van der Waals surface area contributed by atoms with Crippen LogP contribution in [0.2, 0.25) is 0 Å². The molecular formula is C12H14F3NOS. The molecule has 0 saturated carbocycles. The predicted octanol–water partition coefficient (Wildman–Crippen LogP) is 3.56. The van der Waals surface area contributed by atoms with E-state index in [1.54, 1.807) is 30.0 Å². The van der Waals surface area contributed by atoms with Crippen LogP contribution in [-0.2, 0) is 0 Å². The number of para-hydroxylation sites is 1. The van der Waals surface area contributed by atoms with E-state index in [9.17, 15) is 13.2 Å². The highest BCUT2D eigenvalue weighted by atomic mass is 32.2. The van der Waals surface area contributed by atoms with Gasteiger partial charge in [0.2, 0.25) is 0 Å². The minimum absolute atomic E-state index is 0.121. The van der Waals surface area contributed by atoms with Crippen LogP contribution in [0, 0.1) is 5.92 Å². The summed E-state index contributed by atoms with van der Waals surface area (Å²) >= 11 is 1.61. The van der Waals surface area contributed by atoms with Crippen molar-refractivity contribution in [1.82, 2.24) is 5.32 Å². The second-order valence-electron chi connectivity index (χ2n) is 4.31.